The zero-order chi connectivity index (χ0) is 13.2. The lowest BCUT2D eigenvalue weighted by Crippen LogP contribution is -2.03. The zero-order valence-electron chi connectivity index (χ0n) is 9.69. The van der Waals surface area contributed by atoms with Crippen molar-refractivity contribution in [1.29, 1.82) is 0 Å². The molecule has 0 fully saturated rings. The average molecular weight is 264 g/mol. The molecule has 94 valence electrons. The summed E-state index contributed by atoms with van der Waals surface area (Å²) in [4.78, 5) is 8.09. The highest BCUT2D eigenvalue weighted by Crippen LogP contribution is 2.20. The second-order valence-corrected chi connectivity index (χ2v) is 5.89. The Labute approximate surface area is 105 Å². The van der Waals surface area contributed by atoms with Gasteiger partial charge in [-0.05, 0) is 17.7 Å². The van der Waals surface area contributed by atoms with E-state index in [0.29, 0.717) is 11.3 Å². The summed E-state index contributed by atoms with van der Waals surface area (Å²) in [7, 11) is -3.22. The third kappa shape index (κ3) is 2.72. The second-order valence-electron chi connectivity index (χ2n) is 3.87. The van der Waals surface area contributed by atoms with E-state index in [1.165, 1.54) is 30.7 Å². The quantitative estimate of drug-likeness (QED) is 0.893. The monoisotopic (exact) mass is 264 g/mol. The van der Waals surface area contributed by atoms with Gasteiger partial charge < -0.3 is 5.11 Å². The van der Waals surface area contributed by atoms with Gasteiger partial charge in [0.2, 0.25) is 0 Å². The van der Waals surface area contributed by atoms with Gasteiger partial charge in [-0.1, -0.05) is 12.1 Å². The largest absolute Gasteiger partial charge is 0.382 e. The molecule has 0 saturated heterocycles. The first-order valence-electron chi connectivity index (χ1n) is 5.22. The van der Waals surface area contributed by atoms with Crippen LogP contribution in [0.4, 0.5) is 0 Å². The molecule has 2 rings (SSSR count). The molecule has 0 radical (unpaired) electrons. The molecule has 1 aromatic heterocycles. The van der Waals surface area contributed by atoms with Crippen molar-refractivity contribution in [2.75, 3.05) is 6.26 Å². The van der Waals surface area contributed by atoms with E-state index in [-0.39, 0.29) is 4.90 Å². The summed E-state index contributed by atoms with van der Waals surface area (Å²) >= 11 is 0. The summed E-state index contributed by atoms with van der Waals surface area (Å²) < 4.78 is 22.6. The first kappa shape index (κ1) is 12.7. The van der Waals surface area contributed by atoms with Crippen LogP contribution in [0.3, 0.4) is 0 Å². The van der Waals surface area contributed by atoms with Gasteiger partial charge in [0.25, 0.3) is 0 Å². The molecular weight excluding hydrogens is 252 g/mol. The van der Waals surface area contributed by atoms with Crippen molar-refractivity contribution in [2.45, 2.75) is 11.0 Å². The predicted molar refractivity (Wildman–Crippen MR) is 65.6 cm³/mol. The second kappa shape index (κ2) is 4.83. The van der Waals surface area contributed by atoms with Crippen LogP contribution < -0.4 is 0 Å². The Morgan fingerprint density at radius 3 is 2.33 bits per heavy atom. The standard InChI is InChI=1S/C12H12N2O3S/c1-18(16,17)10-4-2-9(3-5-10)12(15)11-8-13-6-7-14-11/h2-8,12,15H,1H3. The molecule has 0 bridgehead atoms. The summed E-state index contributed by atoms with van der Waals surface area (Å²) in [5.41, 5.74) is 0.993. The maximum absolute atomic E-state index is 11.3. The van der Waals surface area contributed by atoms with Gasteiger partial charge in [-0.15, -0.1) is 0 Å². The van der Waals surface area contributed by atoms with E-state index in [1.54, 1.807) is 12.1 Å². The number of sulfone groups is 1. The molecule has 2 aromatic rings. The van der Waals surface area contributed by atoms with Gasteiger partial charge in [0.1, 0.15) is 6.10 Å². The van der Waals surface area contributed by atoms with Crippen molar-refractivity contribution in [3.63, 3.8) is 0 Å². The average Bonchev–Trinajstić information content (AvgIpc) is 2.38. The van der Waals surface area contributed by atoms with Gasteiger partial charge in [0, 0.05) is 18.6 Å². The normalized spacial score (nSPS) is 13.2. The highest BCUT2D eigenvalue weighted by atomic mass is 32.2. The van der Waals surface area contributed by atoms with E-state index in [0.717, 1.165) is 6.26 Å². The van der Waals surface area contributed by atoms with E-state index in [9.17, 15) is 13.5 Å². The molecule has 18 heavy (non-hydrogen) atoms. The molecule has 1 atom stereocenters. The minimum absolute atomic E-state index is 0.220. The Morgan fingerprint density at radius 1 is 1.17 bits per heavy atom. The lowest BCUT2D eigenvalue weighted by Gasteiger charge is -2.10. The van der Waals surface area contributed by atoms with Crippen LogP contribution in [0.15, 0.2) is 47.8 Å². The number of rotatable bonds is 3. The third-order valence-electron chi connectivity index (χ3n) is 2.49. The summed E-state index contributed by atoms with van der Waals surface area (Å²) in [6.07, 6.45) is 4.70. The van der Waals surface area contributed by atoms with Crippen LogP contribution in [0.25, 0.3) is 0 Å². The van der Waals surface area contributed by atoms with Crippen LogP contribution in [-0.2, 0) is 9.84 Å². The fourth-order valence-electron chi connectivity index (χ4n) is 1.52. The van der Waals surface area contributed by atoms with Crippen molar-refractivity contribution < 1.29 is 13.5 Å². The fourth-order valence-corrected chi connectivity index (χ4v) is 2.15. The Hall–Kier alpha value is -1.79. The Kier molecular flexibility index (Phi) is 3.40. The molecule has 5 nitrogen and oxygen atoms in total. The lowest BCUT2D eigenvalue weighted by molar-refractivity contribution is 0.214. The molecule has 1 N–H and O–H groups in total. The fraction of sp³-hybridized carbons (Fsp3) is 0.167. The minimum atomic E-state index is -3.22. The van der Waals surface area contributed by atoms with Gasteiger partial charge in [-0.3, -0.25) is 9.97 Å². The van der Waals surface area contributed by atoms with Gasteiger partial charge in [0.05, 0.1) is 16.8 Å². The van der Waals surface area contributed by atoms with Gasteiger partial charge in [-0.2, -0.15) is 0 Å². The van der Waals surface area contributed by atoms with Crippen LogP contribution >= 0.6 is 0 Å². The maximum Gasteiger partial charge on any atom is 0.175 e. The zero-order valence-corrected chi connectivity index (χ0v) is 10.5. The first-order valence-corrected chi connectivity index (χ1v) is 7.11. The van der Waals surface area contributed by atoms with Crippen molar-refractivity contribution in [1.82, 2.24) is 9.97 Å². The highest BCUT2D eigenvalue weighted by molar-refractivity contribution is 7.90. The SMILES string of the molecule is CS(=O)(=O)c1ccc(C(O)c2cnccn2)cc1. The molecule has 0 spiro atoms. The number of benzene rings is 1. The topological polar surface area (TPSA) is 80.2 Å². The van der Waals surface area contributed by atoms with Crippen molar-refractivity contribution in [3.05, 3.63) is 54.1 Å². The summed E-state index contributed by atoms with van der Waals surface area (Å²) in [6, 6.07) is 6.06. The molecule has 0 saturated carbocycles. The summed E-state index contributed by atoms with van der Waals surface area (Å²) in [5, 5.41) is 10.0. The molecule has 0 aliphatic rings. The van der Waals surface area contributed by atoms with E-state index in [2.05, 4.69) is 9.97 Å². The summed E-state index contributed by atoms with van der Waals surface area (Å²) in [5.74, 6) is 0. The Balaban J connectivity index is 2.31. The number of aromatic nitrogens is 2. The van der Waals surface area contributed by atoms with E-state index in [1.807, 2.05) is 0 Å². The van der Waals surface area contributed by atoms with Crippen LogP contribution in [0.5, 0.6) is 0 Å². The molecule has 6 heteroatoms. The van der Waals surface area contributed by atoms with Crippen molar-refractivity contribution in [2.24, 2.45) is 0 Å². The number of aliphatic hydroxyl groups is 1. The molecule has 1 unspecified atom stereocenters. The van der Waals surface area contributed by atoms with E-state index in [4.69, 9.17) is 0 Å². The Morgan fingerprint density at radius 2 is 1.83 bits per heavy atom. The van der Waals surface area contributed by atoms with Crippen LogP contribution in [0.1, 0.15) is 17.4 Å². The smallest absolute Gasteiger partial charge is 0.175 e. The molecule has 1 aromatic carbocycles. The minimum Gasteiger partial charge on any atom is -0.382 e. The third-order valence-corrected chi connectivity index (χ3v) is 3.62. The van der Waals surface area contributed by atoms with Crippen LogP contribution in [0.2, 0.25) is 0 Å². The number of hydrogen-bond acceptors (Lipinski definition) is 5. The van der Waals surface area contributed by atoms with E-state index >= 15 is 0 Å². The van der Waals surface area contributed by atoms with E-state index < -0.39 is 15.9 Å². The number of aliphatic hydroxyl groups excluding tert-OH is 1. The Bertz CT molecular complexity index is 624. The first-order chi connectivity index (χ1) is 8.48. The van der Waals surface area contributed by atoms with Crippen molar-refractivity contribution >= 4 is 9.84 Å². The van der Waals surface area contributed by atoms with Gasteiger partial charge >= 0.3 is 0 Å². The summed E-state index contributed by atoms with van der Waals surface area (Å²) in [6.45, 7) is 0. The van der Waals surface area contributed by atoms with Crippen molar-refractivity contribution in [3.8, 4) is 0 Å². The highest BCUT2D eigenvalue weighted by Gasteiger charge is 2.13. The molecular formula is C12H12N2O3S. The lowest BCUT2D eigenvalue weighted by atomic mass is 10.1. The number of hydrogen-bond donors (Lipinski definition) is 1. The van der Waals surface area contributed by atoms with Gasteiger partial charge in [-0.25, -0.2) is 8.42 Å². The maximum atomic E-state index is 11.3. The predicted octanol–water partition coefficient (Wildman–Crippen LogP) is 0.962. The molecule has 0 aliphatic carbocycles. The van der Waals surface area contributed by atoms with Crippen LogP contribution in [-0.4, -0.2) is 29.7 Å². The van der Waals surface area contributed by atoms with Crippen LogP contribution in [0, 0.1) is 0 Å². The molecule has 0 amide bonds. The van der Waals surface area contributed by atoms with Gasteiger partial charge in [0.15, 0.2) is 9.84 Å². The molecule has 0 aliphatic heterocycles. The number of nitrogens with zero attached hydrogens (tertiary/aromatic N) is 2. The molecule has 1 heterocycles.